The fourth-order valence-electron chi connectivity index (χ4n) is 1.64. The first-order valence-corrected chi connectivity index (χ1v) is 6.87. The highest BCUT2D eigenvalue weighted by molar-refractivity contribution is 7.15. The number of hydrogen-bond donors (Lipinski definition) is 2. The van der Waals surface area contributed by atoms with Crippen molar-refractivity contribution in [2.45, 2.75) is 38.8 Å². The normalized spacial score (nSPS) is 14.2. The molecule has 0 saturated carbocycles. The number of hydrogen-bond acceptors (Lipinski definition) is 5. The standard InChI is InChI=1S/C12H20N4OS/c1-12(2,3)17-8-10(15-13)6-9-7-16-4-5-18-11(16)14-9/h4-5,7,10,15H,6,8,13H2,1-3H3. The number of aromatic nitrogens is 2. The summed E-state index contributed by atoms with van der Waals surface area (Å²) in [5.74, 6) is 5.56. The van der Waals surface area contributed by atoms with Gasteiger partial charge < -0.3 is 4.74 Å². The van der Waals surface area contributed by atoms with Gasteiger partial charge in [0.2, 0.25) is 0 Å². The monoisotopic (exact) mass is 268 g/mol. The molecule has 2 heterocycles. The Balaban J connectivity index is 1.95. The van der Waals surface area contributed by atoms with E-state index in [0.29, 0.717) is 6.61 Å². The Hall–Kier alpha value is -0.950. The lowest BCUT2D eigenvalue weighted by Crippen LogP contribution is -2.42. The topological polar surface area (TPSA) is 64.6 Å². The number of rotatable bonds is 5. The van der Waals surface area contributed by atoms with Gasteiger partial charge in [-0.2, -0.15) is 0 Å². The van der Waals surface area contributed by atoms with E-state index in [1.807, 2.05) is 42.9 Å². The number of ether oxygens (including phenoxy) is 1. The maximum atomic E-state index is 5.74. The molecule has 1 atom stereocenters. The summed E-state index contributed by atoms with van der Waals surface area (Å²) in [6.07, 6.45) is 4.81. The zero-order chi connectivity index (χ0) is 13.2. The fourth-order valence-corrected chi connectivity index (χ4v) is 2.36. The van der Waals surface area contributed by atoms with Crippen LogP contribution in [-0.4, -0.2) is 27.6 Å². The molecule has 0 bridgehead atoms. The molecule has 0 radical (unpaired) electrons. The Morgan fingerprint density at radius 2 is 2.33 bits per heavy atom. The Kier molecular flexibility index (Phi) is 4.01. The first-order valence-electron chi connectivity index (χ1n) is 5.99. The number of nitrogens with zero attached hydrogens (tertiary/aromatic N) is 2. The summed E-state index contributed by atoms with van der Waals surface area (Å²) in [5.41, 5.74) is 3.67. The average Bonchev–Trinajstić information content (AvgIpc) is 2.82. The highest BCUT2D eigenvalue weighted by Crippen LogP contribution is 2.13. The zero-order valence-corrected chi connectivity index (χ0v) is 11.8. The van der Waals surface area contributed by atoms with Crippen LogP contribution in [0.1, 0.15) is 26.5 Å². The number of fused-ring (bicyclic) bond motifs is 1. The van der Waals surface area contributed by atoms with Gasteiger partial charge in [-0.15, -0.1) is 11.3 Å². The molecule has 0 amide bonds. The van der Waals surface area contributed by atoms with Crippen LogP contribution in [0.25, 0.3) is 4.96 Å². The van der Waals surface area contributed by atoms with Crippen LogP contribution in [0.4, 0.5) is 0 Å². The van der Waals surface area contributed by atoms with Gasteiger partial charge in [0.15, 0.2) is 4.96 Å². The molecule has 6 heteroatoms. The number of hydrazine groups is 1. The van der Waals surface area contributed by atoms with Gasteiger partial charge in [-0.1, -0.05) is 0 Å². The van der Waals surface area contributed by atoms with E-state index >= 15 is 0 Å². The lowest BCUT2D eigenvalue weighted by Gasteiger charge is -2.23. The van der Waals surface area contributed by atoms with Gasteiger partial charge in [0.25, 0.3) is 0 Å². The van der Waals surface area contributed by atoms with Crippen LogP contribution in [-0.2, 0) is 11.2 Å². The number of thiazole rings is 1. The smallest absolute Gasteiger partial charge is 0.193 e. The molecule has 3 N–H and O–H groups in total. The van der Waals surface area contributed by atoms with Crippen LogP contribution in [0.2, 0.25) is 0 Å². The maximum Gasteiger partial charge on any atom is 0.193 e. The van der Waals surface area contributed by atoms with Crippen LogP contribution in [0, 0.1) is 0 Å². The van der Waals surface area contributed by atoms with Crippen LogP contribution in [0.15, 0.2) is 17.8 Å². The number of nitrogens with one attached hydrogen (secondary N) is 1. The molecule has 2 aromatic rings. The molecule has 5 nitrogen and oxygen atoms in total. The third-order valence-corrected chi connectivity index (χ3v) is 3.32. The van der Waals surface area contributed by atoms with Gasteiger partial charge in [-0.05, 0) is 20.8 Å². The van der Waals surface area contributed by atoms with Gasteiger partial charge in [0.05, 0.1) is 23.9 Å². The van der Waals surface area contributed by atoms with Crippen molar-refractivity contribution in [2.75, 3.05) is 6.61 Å². The van der Waals surface area contributed by atoms with E-state index in [-0.39, 0.29) is 11.6 Å². The number of imidazole rings is 1. The molecule has 1 unspecified atom stereocenters. The molecule has 100 valence electrons. The van der Waals surface area contributed by atoms with E-state index < -0.39 is 0 Å². The van der Waals surface area contributed by atoms with Gasteiger partial charge in [0.1, 0.15) is 0 Å². The molecule has 0 saturated heterocycles. The molecule has 2 rings (SSSR count). The third kappa shape index (κ3) is 3.52. The van der Waals surface area contributed by atoms with Gasteiger partial charge in [-0.25, -0.2) is 4.98 Å². The first kappa shape index (κ1) is 13.5. The van der Waals surface area contributed by atoms with E-state index in [4.69, 9.17) is 10.6 Å². The summed E-state index contributed by atoms with van der Waals surface area (Å²) in [7, 11) is 0. The molecule has 0 fully saturated rings. The van der Waals surface area contributed by atoms with Crippen LogP contribution >= 0.6 is 11.3 Å². The lowest BCUT2D eigenvalue weighted by atomic mass is 10.1. The van der Waals surface area contributed by atoms with E-state index in [0.717, 1.165) is 17.1 Å². The van der Waals surface area contributed by atoms with Crippen molar-refractivity contribution < 1.29 is 4.74 Å². The van der Waals surface area contributed by atoms with Gasteiger partial charge >= 0.3 is 0 Å². The Morgan fingerprint density at radius 1 is 1.56 bits per heavy atom. The quantitative estimate of drug-likeness (QED) is 0.638. The summed E-state index contributed by atoms with van der Waals surface area (Å²) in [6, 6.07) is 0.0776. The van der Waals surface area contributed by atoms with E-state index in [2.05, 4.69) is 10.4 Å². The third-order valence-electron chi connectivity index (χ3n) is 2.55. The second kappa shape index (κ2) is 5.36. The lowest BCUT2D eigenvalue weighted by molar-refractivity contribution is -0.0144. The predicted octanol–water partition coefficient (Wildman–Crippen LogP) is 1.59. The highest BCUT2D eigenvalue weighted by atomic mass is 32.1. The van der Waals surface area contributed by atoms with E-state index in [9.17, 15) is 0 Å². The van der Waals surface area contributed by atoms with Crippen LogP contribution < -0.4 is 11.3 Å². The minimum absolute atomic E-state index is 0.0776. The summed E-state index contributed by atoms with van der Waals surface area (Å²) in [4.78, 5) is 5.55. The Bertz CT molecular complexity index is 471. The Labute approximate surface area is 111 Å². The summed E-state index contributed by atoms with van der Waals surface area (Å²) in [5, 5.41) is 2.02. The zero-order valence-electron chi connectivity index (χ0n) is 11.0. The van der Waals surface area contributed by atoms with E-state index in [1.54, 1.807) is 11.3 Å². The van der Waals surface area contributed by atoms with Crippen molar-refractivity contribution in [3.63, 3.8) is 0 Å². The summed E-state index contributed by atoms with van der Waals surface area (Å²) < 4.78 is 7.76. The molecule has 18 heavy (non-hydrogen) atoms. The second-order valence-corrected chi connectivity index (χ2v) is 6.19. The summed E-state index contributed by atoms with van der Waals surface area (Å²) >= 11 is 1.63. The van der Waals surface area contributed by atoms with Crippen molar-refractivity contribution in [1.82, 2.24) is 14.8 Å². The number of nitrogens with two attached hydrogens (primary N) is 1. The molecule has 0 aromatic carbocycles. The van der Waals surface area contributed by atoms with Crippen molar-refractivity contribution in [1.29, 1.82) is 0 Å². The molecule has 2 aromatic heterocycles. The van der Waals surface area contributed by atoms with Gasteiger partial charge in [-0.3, -0.25) is 15.7 Å². The molecule has 0 aliphatic carbocycles. The highest BCUT2D eigenvalue weighted by Gasteiger charge is 2.16. The molecule has 0 aliphatic rings. The SMILES string of the molecule is CC(C)(C)OCC(Cc1cn2ccsc2n1)NN. The largest absolute Gasteiger partial charge is 0.374 e. The summed E-state index contributed by atoms with van der Waals surface area (Å²) in [6.45, 7) is 6.68. The Morgan fingerprint density at radius 3 is 2.94 bits per heavy atom. The van der Waals surface area contributed by atoms with Crippen molar-refractivity contribution in [3.8, 4) is 0 Å². The first-order chi connectivity index (χ1) is 8.48. The van der Waals surface area contributed by atoms with Crippen molar-refractivity contribution >= 4 is 16.3 Å². The van der Waals surface area contributed by atoms with Crippen molar-refractivity contribution in [3.05, 3.63) is 23.5 Å². The van der Waals surface area contributed by atoms with Crippen molar-refractivity contribution in [2.24, 2.45) is 5.84 Å². The molecule has 0 spiro atoms. The fraction of sp³-hybridized carbons (Fsp3) is 0.583. The van der Waals surface area contributed by atoms with Crippen LogP contribution in [0.5, 0.6) is 0 Å². The molecular formula is C12H20N4OS. The second-order valence-electron chi connectivity index (χ2n) is 5.32. The minimum Gasteiger partial charge on any atom is -0.374 e. The molecule has 0 aliphatic heterocycles. The molecular weight excluding hydrogens is 248 g/mol. The predicted molar refractivity (Wildman–Crippen MR) is 73.6 cm³/mol. The maximum absolute atomic E-state index is 5.74. The van der Waals surface area contributed by atoms with Gasteiger partial charge in [0, 0.05) is 24.2 Å². The van der Waals surface area contributed by atoms with Crippen LogP contribution in [0.3, 0.4) is 0 Å². The minimum atomic E-state index is -0.149. The van der Waals surface area contributed by atoms with E-state index in [1.165, 1.54) is 0 Å². The average molecular weight is 268 g/mol.